The second kappa shape index (κ2) is 7.85. The third-order valence-electron chi connectivity index (χ3n) is 4.52. The van der Waals surface area contributed by atoms with Gasteiger partial charge in [-0.05, 0) is 32.9 Å². The number of likely N-dealkylation sites (N-methyl/N-ethyl adjacent to an activating group) is 1. The molecule has 1 saturated heterocycles. The average Bonchev–Trinajstić information content (AvgIpc) is 2.46. The lowest BCUT2D eigenvalue weighted by molar-refractivity contribution is -0.125. The van der Waals surface area contributed by atoms with Gasteiger partial charge < -0.3 is 15.1 Å². The Kier molecular flexibility index (Phi) is 6.11. The van der Waals surface area contributed by atoms with Crippen LogP contribution in [0.3, 0.4) is 0 Å². The molecule has 0 radical (unpaired) electrons. The summed E-state index contributed by atoms with van der Waals surface area (Å²) in [5, 5.41) is 3.12. The third-order valence-corrected chi connectivity index (χ3v) is 4.52. The molecular weight excluding hydrogens is 238 g/mol. The van der Waals surface area contributed by atoms with E-state index in [0.717, 1.165) is 32.4 Å². The number of nitrogens with one attached hydrogen (secondary N) is 1. The molecule has 1 aliphatic carbocycles. The molecule has 0 atom stereocenters. The van der Waals surface area contributed by atoms with Gasteiger partial charge in [0.2, 0.25) is 5.91 Å². The van der Waals surface area contributed by atoms with Crippen LogP contribution in [0, 0.1) is 5.92 Å². The molecule has 2 rings (SSSR count). The maximum atomic E-state index is 12.0. The van der Waals surface area contributed by atoms with Gasteiger partial charge in [0.15, 0.2) is 0 Å². The SMILES string of the molecule is CN1CCN(CCCNC(=O)C2CCCCC2)CC1. The maximum Gasteiger partial charge on any atom is 0.223 e. The molecular formula is C15H29N3O. The van der Waals surface area contributed by atoms with Crippen molar-refractivity contribution in [3.8, 4) is 0 Å². The van der Waals surface area contributed by atoms with Crippen LogP contribution >= 0.6 is 0 Å². The average molecular weight is 267 g/mol. The highest BCUT2D eigenvalue weighted by molar-refractivity contribution is 5.78. The van der Waals surface area contributed by atoms with Crippen molar-refractivity contribution in [3.63, 3.8) is 0 Å². The lowest BCUT2D eigenvalue weighted by atomic mass is 9.89. The predicted octanol–water partition coefficient (Wildman–Crippen LogP) is 1.32. The van der Waals surface area contributed by atoms with E-state index in [1.165, 1.54) is 45.4 Å². The second-order valence-corrected chi connectivity index (χ2v) is 6.12. The third kappa shape index (κ3) is 5.11. The van der Waals surface area contributed by atoms with E-state index in [1.807, 2.05) is 0 Å². The lowest BCUT2D eigenvalue weighted by Gasteiger charge is -2.32. The van der Waals surface area contributed by atoms with Gasteiger partial charge in [-0.15, -0.1) is 0 Å². The maximum absolute atomic E-state index is 12.0. The van der Waals surface area contributed by atoms with Crippen LogP contribution in [-0.4, -0.2) is 62.0 Å². The summed E-state index contributed by atoms with van der Waals surface area (Å²) in [5.74, 6) is 0.607. The van der Waals surface area contributed by atoms with Gasteiger partial charge in [-0.3, -0.25) is 4.79 Å². The molecule has 1 aliphatic heterocycles. The predicted molar refractivity (Wildman–Crippen MR) is 78.1 cm³/mol. The Morgan fingerprint density at radius 1 is 1.11 bits per heavy atom. The number of carbonyl (C=O) groups excluding carboxylic acids is 1. The van der Waals surface area contributed by atoms with Crippen molar-refractivity contribution in [1.82, 2.24) is 15.1 Å². The van der Waals surface area contributed by atoms with Gasteiger partial charge in [-0.25, -0.2) is 0 Å². The van der Waals surface area contributed by atoms with Crippen LogP contribution in [0.25, 0.3) is 0 Å². The van der Waals surface area contributed by atoms with E-state index in [9.17, 15) is 4.79 Å². The van der Waals surface area contributed by atoms with E-state index in [2.05, 4.69) is 22.2 Å². The lowest BCUT2D eigenvalue weighted by Crippen LogP contribution is -2.45. The molecule has 4 heteroatoms. The fourth-order valence-corrected chi connectivity index (χ4v) is 3.09. The number of piperazine rings is 1. The number of rotatable bonds is 5. The molecule has 0 spiro atoms. The molecule has 0 bridgehead atoms. The number of amides is 1. The van der Waals surface area contributed by atoms with Gasteiger partial charge >= 0.3 is 0 Å². The zero-order valence-electron chi connectivity index (χ0n) is 12.4. The number of nitrogens with zero attached hydrogens (tertiary/aromatic N) is 2. The Balaban J connectivity index is 1.52. The summed E-state index contributed by atoms with van der Waals surface area (Å²) in [6, 6.07) is 0. The molecule has 0 unspecified atom stereocenters. The van der Waals surface area contributed by atoms with Crippen molar-refractivity contribution in [2.45, 2.75) is 38.5 Å². The van der Waals surface area contributed by atoms with Gasteiger partial charge in [0.05, 0.1) is 0 Å². The molecule has 2 aliphatic rings. The molecule has 19 heavy (non-hydrogen) atoms. The zero-order valence-corrected chi connectivity index (χ0v) is 12.4. The summed E-state index contributed by atoms with van der Waals surface area (Å²) < 4.78 is 0. The topological polar surface area (TPSA) is 35.6 Å². The Morgan fingerprint density at radius 3 is 2.47 bits per heavy atom. The van der Waals surface area contributed by atoms with E-state index >= 15 is 0 Å². The highest BCUT2D eigenvalue weighted by Gasteiger charge is 2.20. The van der Waals surface area contributed by atoms with Crippen LogP contribution < -0.4 is 5.32 Å². The molecule has 4 nitrogen and oxygen atoms in total. The summed E-state index contributed by atoms with van der Waals surface area (Å²) in [5.41, 5.74) is 0. The quantitative estimate of drug-likeness (QED) is 0.763. The molecule has 1 N–H and O–H groups in total. The van der Waals surface area contributed by atoms with E-state index in [1.54, 1.807) is 0 Å². The van der Waals surface area contributed by atoms with Crippen LogP contribution in [0.15, 0.2) is 0 Å². The van der Waals surface area contributed by atoms with E-state index in [4.69, 9.17) is 0 Å². The molecule has 110 valence electrons. The Bertz CT molecular complexity index is 269. The van der Waals surface area contributed by atoms with E-state index in [0.29, 0.717) is 11.8 Å². The largest absolute Gasteiger partial charge is 0.356 e. The molecule has 0 aromatic rings. The fourth-order valence-electron chi connectivity index (χ4n) is 3.09. The summed E-state index contributed by atoms with van der Waals surface area (Å²) >= 11 is 0. The summed E-state index contributed by atoms with van der Waals surface area (Å²) in [6.45, 7) is 6.67. The first-order valence-corrected chi connectivity index (χ1v) is 7.94. The monoisotopic (exact) mass is 267 g/mol. The van der Waals surface area contributed by atoms with Gasteiger partial charge in [0, 0.05) is 38.6 Å². The Hall–Kier alpha value is -0.610. The number of hydrogen-bond donors (Lipinski definition) is 1. The Labute approximate surface area is 117 Å². The minimum atomic E-state index is 0.303. The zero-order chi connectivity index (χ0) is 13.5. The highest BCUT2D eigenvalue weighted by Crippen LogP contribution is 2.23. The molecule has 2 fully saturated rings. The summed E-state index contributed by atoms with van der Waals surface area (Å²) in [4.78, 5) is 16.8. The van der Waals surface area contributed by atoms with Gasteiger partial charge in [-0.1, -0.05) is 19.3 Å². The van der Waals surface area contributed by atoms with Crippen molar-refractivity contribution in [2.24, 2.45) is 5.92 Å². The van der Waals surface area contributed by atoms with Crippen molar-refractivity contribution < 1.29 is 4.79 Å². The first-order valence-electron chi connectivity index (χ1n) is 7.94. The van der Waals surface area contributed by atoms with Crippen molar-refractivity contribution in [3.05, 3.63) is 0 Å². The van der Waals surface area contributed by atoms with E-state index in [-0.39, 0.29) is 0 Å². The number of hydrogen-bond acceptors (Lipinski definition) is 3. The highest BCUT2D eigenvalue weighted by atomic mass is 16.1. The Morgan fingerprint density at radius 2 is 1.79 bits per heavy atom. The van der Waals surface area contributed by atoms with Crippen LogP contribution in [0.1, 0.15) is 38.5 Å². The fraction of sp³-hybridized carbons (Fsp3) is 0.933. The molecule has 1 saturated carbocycles. The van der Waals surface area contributed by atoms with Crippen LogP contribution in [0.5, 0.6) is 0 Å². The van der Waals surface area contributed by atoms with Gasteiger partial charge in [0.1, 0.15) is 0 Å². The van der Waals surface area contributed by atoms with E-state index < -0.39 is 0 Å². The number of carbonyl (C=O) groups is 1. The minimum absolute atomic E-state index is 0.303. The first kappa shape index (κ1) is 14.8. The molecule has 0 aromatic heterocycles. The van der Waals surface area contributed by atoms with Crippen molar-refractivity contribution >= 4 is 5.91 Å². The second-order valence-electron chi connectivity index (χ2n) is 6.12. The molecule has 1 amide bonds. The minimum Gasteiger partial charge on any atom is -0.356 e. The van der Waals surface area contributed by atoms with Gasteiger partial charge in [-0.2, -0.15) is 0 Å². The summed E-state index contributed by atoms with van der Waals surface area (Å²) in [6.07, 6.45) is 7.07. The molecule has 1 heterocycles. The van der Waals surface area contributed by atoms with Crippen LogP contribution in [-0.2, 0) is 4.79 Å². The van der Waals surface area contributed by atoms with Crippen molar-refractivity contribution in [1.29, 1.82) is 0 Å². The van der Waals surface area contributed by atoms with Crippen LogP contribution in [0.2, 0.25) is 0 Å². The van der Waals surface area contributed by atoms with Crippen molar-refractivity contribution in [2.75, 3.05) is 46.3 Å². The summed E-state index contributed by atoms with van der Waals surface area (Å²) in [7, 11) is 2.18. The normalized spacial score (nSPS) is 23.4. The van der Waals surface area contributed by atoms with Gasteiger partial charge in [0.25, 0.3) is 0 Å². The first-order chi connectivity index (χ1) is 9.25. The smallest absolute Gasteiger partial charge is 0.223 e. The standard InChI is InChI=1S/C15H29N3O/c1-17-10-12-18(13-11-17)9-5-8-16-15(19)14-6-3-2-4-7-14/h14H,2-13H2,1H3,(H,16,19). The van der Waals surface area contributed by atoms with Crippen LogP contribution in [0.4, 0.5) is 0 Å². The molecule has 0 aromatic carbocycles.